The molecule has 0 unspecified atom stereocenters. The van der Waals surface area contributed by atoms with Crippen LogP contribution in [-0.4, -0.2) is 27.8 Å². The Morgan fingerprint density at radius 1 is 1.22 bits per heavy atom. The number of aryl methyl sites for hydroxylation is 1. The van der Waals surface area contributed by atoms with Crippen LogP contribution < -0.4 is 0 Å². The topological polar surface area (TPSA) is 76.6 Å². The number of hydrogen-bond acceptors (Lipinski definition) is 6. The molecule has 6 nitrogen and oxygen atoms in total. The predicted molar refractivity (Wildman–Crippen MR) is 83.1 cm³/mol. The summed E-state index contributed by atoms with van der Waals surface area (Å²) in [5, 5.41) is 2.91. The Bertz CT molecular complexity index is 749. The van der Waals surface area contributed by atoms with Gasteiger partial charge < -0.3 is 4.84 Å². The third kappa shape index (κ3) is 2.87. The van der Waals surface area contributed by atoms with E-state index in [9.17, 15) is 14.4 Å². The molecule has 1 aliphatic heterocycles. The average Bonchev–Trinajstić information content (AvgIpc) is 3.13. The van der Waals surface area contributed by atoms with Crippen LogP contribution in [0.5, 0.6) is 0 Å². The molecular weight excluding hydrogens is 316 g/mol. The van der Waals surface area contributed by atoms with E-state index < -0.39 is 17.8 Å². The number of carbonyl (C=O) groups excluding carboxylic acids is 3. The van der Waals surface area contributed by atoms with Gasteiger partial charge in [-0.05, 0) is 25.0 Å². The van der Waals surface area contributed by atoms with Crippen molar-refractivity contribution >= 4 is 29.1 Å². The fourth-order valence-corrected chi connectivity index (χ4v) is 3.04. The summed E-state index contributed by atoms with van der Waals surface area (Å²) in [5.41, 5.74) is 0.567. The lowest BCUT2D eigenvalue weighted by molar-refractivity contribution is -0.0588. The monoisotopic (exact) mass is 330 g/mol. The van der Waals surface area contributed by atoms with Gasteiger partial charge in [-0.3, -0.25) is 9.59 Å². The van der Waals surface area contributed by atoms with Crippen molar-refractivity contribution in [3.8, 4) is 0 Å². The molecule has 0 saturated carbocycles. The number of benzene rings is 1. The molecule has 23 heavy (non-hydrogen) atoms. The van der Waals surface area contributed by atoms with Crippen molar-refractivity contribution in [2.45, 2.75) is 26.2 Å². The second-order valence-electron chi connectivity index (χ2n) is 5.06. The first-order valence-corrected chi connectivity index (χ1v) is 8.14. The SMILES string of the molecule is CCCCc1nc(C(=O)ON2C(=O)c3ccccc3C2=O)cs1. The van der Waals surface area contributed by atoms with Crippen molar-refractivity contribution in [3.63, 3.8) is 0 Å². The molecule has 2 aromatic rings. The summed E-state index contributed by atoms with van der Waals surface area (Å²) in [6, 6.07) is 6.34. The molecule has 1 aliphatic rings. The van der Waals surface area contributed by atoms with E-state index in [1.54, 1.807) is 17.5 Å². The maximum absolute atomic E-state index is 12.1. The molecule has 118 valence electrons. The Balaban J connectivity index is 1.73. The minimum Gasteiger partial charge on any atom is -0.322 e. The summed E-state index contributed by atoms with van der Waals surface area (Å²) in [6.07, 6.45) is 2.82. The molecular formula is C16H14N2O4S. The number of fused-ring (bicyclic) bond motifs is 1. The molecule has 1 aromatic carbocycles. The molecule has 0 atom stereocenters. The predicted octanol–water partition coefficient (Wildman–Crippen LogP) is 2.85. The lowest BCUT2D eigenvalue weighted by Gasteiger charge is -2.11. The van der Waals surface area contributed by atoms with Crippen LogP contribution in [0.1, 0.15) is 56.0 Å². The first-order valence-electron chi connectivity index (χ1n) is 7.26. The van der Waals surface area contributed by atoms with Crippen LogP contribution in [0.15, 0.2) is 29.6 Å². The lowest BCUT2D eigenvalue weighted by atomic mass is 10.1. The highest BCUT2D eigenvalue weighted by molar-refractivity contribution is 7.09. The number of imide groups is 1. The zero-order chi connectivity index (χ0) is 16.4. The largest absolute Gasteiger partial charge is 0.383 e. The van der Waals surface area contributed by atoms with Gasteiger partial charge in [0, 0.05) is 5.38 Å². The quantitative estimate of drug-likeness (QED) is 0.788. The van der Waals surface area contributed by atoms with Crippen LogP contribution in [0.4, 0.5) is 0 Å². The van der Waals surface area contributed by atoms with Crippen LogP contribution in [-0.2, 0) is 11.3 Å². The number of hydrogen-bond donors (Lipinski definition) is 0. The number of carbonyl (C=O) groups is 3. The highest BCUT2D eigenvalue weighted by Crippen LogP contribution is 2.23. The van der Waals surface area contributed by atoms with Crippen LogP contribution in [0.2, 0.25) is 0 Å². The first kappa shape index (κ1) is 15.4. The van der Waals surface area contributed by atoms with Crippen molar-refractivity contribution in [2.75, 3.05) is 0 Å². The Hall–Kier alpha value is -2.54. The molecule has 0 radical (unpaired) electrons. The molecule has 2 amide bonds. The van der Waals surface area contributed by atoms with Gasteiger partial charge in [0.2, 0.25) is 0 Å². The Labute approximate surface area is 136 Å². The highest BCUT2D eigenvalue weighted by Gasteiger charge is 2.39. The van der Waals surface area contributed by atoms with Crippen molar-refractivity contribution in [1.82, 2.24) is 10.0 Å². The average molecular weight is 330 g/mol. The smallest absolute Gasteiger partial charge is 0.322 e. The summed E-state index contributed by atoms with van der Waals surface area (Å²) in [7, 11) is 0. The van der Waals surface area contributed by atoms with E-state index >= 15 is 0 Å². The Morgan fingerprint density at radius 3 is 2.48 bits per heavy atom. The van der Waals surface area contributed by atoms with Crippen molar-refractivity contribution in [1.29, 1.82) is 0 Å². The molecule has 1 aromatic heterocycles. The molecule has 2 heterocycles. The van der Waals surface area contributed by atoms with E-state index in [0.29, 0.717) is 5.06 Å². The number of unbranched alkanes of at least 4 members (excludes halogenated alkanes) is 1. The minimum atomic E-state index is -0.807. The van der Waals surface area contributed by atoms with Gasteiger partial charge in [-0.1, -0.05) is 30.5 Å². The normalized spacial score (nSPS) is 13.3. The number of rotatable bonds is 5. The van der Waals surface area contributed by atoms with Gasteiger partial charge in [0.1, 0.15) is 0 Å². The van der Waals surface area contributed by atoms with Gasteiger partial charge in [-0.2, -0.15) is 0 Å². The van der Waals surface area contributed by atoms with E-state index in [1.165, 1.54) is 23.5 Å². The molecule has 0 N–H and O–H groups in total. The fraction of sp³-hybridized carbons (Fsp3) is 0.250. The maximum atomic E-state index is 12.1. The minimum absolute atomic E-state index is 0.109. The van der Waals surface area contributed by atoms with Crippen LogP contribution in [0, 0.1) is 0 Å². The second-order valence-corrected chi connectivity index (χ2v) is 6.00. The third-order valence-corrected chi connectivity index (χ3v) is 4.34. The lowest BCUT2D eigenvalue weighted by Crippen LogP contribution is -2.32. The third-order valence-electron chi connectivity index (χ3n) is 3.44. The zero-order valence-corrected chi connectivity index (χ0v) is 13.3. The van der Waals surface area contributed by atoms with E-state index in [2.05, 4.69) is 11.9 Å². The van der Waals surface area contributed by atoms with Crippen LogP contribution in [0.25, 0.3) is 0 Å². The number of thiazole rings is 1. The summed E-state index contributed by atoms with van der Waals surface area (Å²) in [5.74, 6) is -2.08. The summed E-state index contributed by atoms with van der Waals surface area (Å²) in [6.45, 7) is 2.07. The van der Waals surface area contributed by atoms with Crippen LogP contribution >= 0.6 is 11.3 Å². The van der Waals surface area contributed by atoms with Gasteiger partial charge in [0.15, 0.2) is 5.69 Å². The maximum Gasteiger partial charge on any atom is 0.383 e. The Morgan fingerprint density at radius 2 is 1.87 bits per heavy atom. The number of nitrogens with zero attached hydrogens (tertiary/aromatic N) is 2. The van der Waals surface area contributed by atoms with Gasteiger partial charge in [-0.25, -0.2) is 9.78 Å². The van der Waals surface area contributed by atoms with Gasteiger partial charge in [-0.15, -0.1) is 11.3 Å². The van der Waals surface area contributed by atoms with Gasteiger partial charge in [0.05, 0.1) is 16.1 Å². The second kappa shape index (κ2) is 6.29. The molecule has 0 fully saturated rings. The van der Waals surface area contributed by atoms with Crippen molar-refractivity contribution in [2.24, 2.45) is 0 Å². The van der Waals surface area contributed by atoms with Gasteiger partial charge in [0.25, 0.3) is 11.8 Å². The van der Waals surface area contributed by atoms with Crippen LogP contribution in [0.3, 0.4) is 0 Å². The molecule has 0 bridgehead atoms. The highest BCUT2D eigenvalue weighted by atomic mass is 32.1. The number of amides is 2. The van der Waals surface area contributed by atoms with E-state index in [0.717, 1.165) is 24.3 Å². The molecule has 7 heteroatoms. The van der Waals surface area contributed by atoms with E-state index in [4.69, 9.17) is 4.84 Å². The van der Waals surface area contributed by atoms with Crippen molar-refractivity contribution < 1.29 is 19.2 Å². The fourth-order valence-electron chi connectivity index (χ4n) is 2.23. The van der Waals surface area contributed by atoms with Gasteiger partial charge >= 0.3 is 5.97 Å². The summed E-state index contributed by atoms with van der Waals surface area (Å²) in [4.78, 5) is 45.5. The van der Waals surface area contributed by atoms with E-state index in [1.807, 2.05) is 0 Å². The molecule has 0 spiro atoms. The summed E-state index contributed by atoms with van der Waals surface area (Å²) < 4.78 is 0. The standard InChI is InChI=1S/C16H14N2O4S/c1-2-3-8-13-17-12(9-23-13)16(21)22-18-14(19)10-6-4-5-7-11(10)15(18)20/h4-7,9H,2-3,8H2,1H3. The first-order chi connectivity index (χ1) is 11.1. The molecule has 0 aliphatic carbocycles. The number of aromatic nitrogens is 1. The summed E-state index contributed by atoms with van der Waals surface area (Å²) >= 11 is 1.36. The molecule has 0 saturated heterocycles. The molecule has 3 rings (SSSR count). The number of hydroxylamine groups is 2. The van der Waals surface area contributed by atoms with E-state index in [-0.39, 0.29) is 16.8 Å². The van der Waals surface area contributed by atoms with Crippen molar-refractivity contribution in [3.05, 3.63) is 51.5 Å². The zero-order valence-electron chi connectivity index (χ0n) is 12.4. The Kier molecular flexibility index (Phi) is 4.20.